The summed E-state index contributed by atoms with van der Waals surface area (Å²) in [6, 6.07) is 19.1. The minimum Gasteiger partial charge on any atom is -0.465 e. The van der Waals surface area contributed by atoms with Gasteiger partial charge in [-0.05, 0) is 68.4 Å². The molecule has 40 heavy (non-hydrogen) atoms. The molecule has 1 atom stereocenters. The van der Waals surface area contributed by atoms with Gasteiger partial charge in [-0.15, -0.1) is 0 Å². The summed E-state index contributed by atoms with van der Waals surface area (Å²) in [6.07, 6.45) is -1.57. The molecule has 0 aliphatic carbocycles. The van der Waals surface area contributed by atoms with Crippen molar-refractivity contribution in [3.05, 3.63) is 82.8 Å². The van der Waals surface area contributed by atoms with Gasteiger partial charge in [0.25, 0.3) is 5.91 Å². The second-order valence-corrected chi connectivity index (χ2v) is 10.9. The lowest BCUT2D eigenvalue weighted by molar-refractivity contribution is -0.151. The number of Topliss-reactive ketones (excluding diaryl/α,β-unsaturated/α-hetero) is 1. The molecule has 2 amide bonds. The van der Waals surface area contributed by atoms with Crippen molar-refractivity contribution in [3.63, 3.8) is 0 Å². The number of hydrogen-bond donors (Lipinski definition) is 2. The fourth-order valence-electron chi connectivity index (χ4n) is 4.24. The normalized spacial score (nSPS) is 12.7. The third kappa shape index (κ3) is 6.51. The van der Waals surface area contributed by atoms with Crippen LogP contribution in [0.15, 0.2) is 72.8 Å². The molecule has 0 heterocycles. The average molecular weight is 587 g/mol. The fourth-order valence-corrected chi connectivity index (χ4v) is 4.69. The third-order valence-corrected chi connectivity index (χ3v) is 6.78. The van der Waals surface area contributed by atoms with Crippen molar-refractivity contribution in [1.82, 2.24) is 0 Å². The van der Waals surface area contributed by atoms with Crippen LogP contribution in [0.5, 0.6) is 5.75 Å². The number of ketones is 1. The van der Waals surface area contributed by atoms with Gasteiger partial charge < -0.3 is 20.1 Å². The van der Waals surface area contributed by atoms with E-state index in [1.807, 2.05) is 13.8 Å². The number of benzene rings is 3. The molecule has 0 bridgehead atoms. The second kappa shape index (κ2) is 12.6. The Morgan fingerprint density at radius 1 is 0.875 bits per heavy atom. The van der Waals surface area contributed by atoms with E-state index in [4.69, 9.17) is 27.9 Å². The molecule has 0 saturated carbocycles. The average Bonchev–Trinajstić information content (AvgIpc) is 2.90. The number of halogens is 2. The molecule has 0 saturated heterocycles. The van der Waals surface area contributed by atoms with E-state index < -0.39 is 28.9 Å². The van der Waals surface area contributed by atoms with Crippen molar-refractivity contribution in [2.45, 2.75) is 40.3 Å². The van der Waals surface area contributed by atoms with Gasteiger partial charge in [-0.2, -0.15) is 0 Å². The van der Waals surface area contributed by atoms with Gasteiger partial charge in [-0.25, -0.2) is 9.69 Å². The maximum absolute atomic E-state index is 14.3. The molecule has 2 N–H and O–H groups in total. The molecule has 8 nitrogen and oxygen atoms in total. The van der Waals surface area contributed by atoms with Gasteiger partial charge in [0.05, 0.1) is 16.4 Å². The van der Waals surface area contributed by atoms with E-state index in [-0.39, 0.29) is 22.1 Å². The number of carbonyl (C=O) groups excluding carboxylic acids is 2. The number of para-hydroxylation sites is 1. The first-order valence-corrected chi connectivity index (χ1v) is 13.5. The Morgan fingerprint density at radius 3 is 1.95 bits per heavy atom. The van der Waals surface area contributed by atoms with E-state index in [1.165, 1.54) is 30.3 Å². The highest BCUT2D eigenvalue weighted by Gasteiger charge is 2.60. The number of nitrogens with one attached hydrogen (secondary N) is 1. The van der Waals surface area contributed by atoms with Gasteiger partial charge in [-0.3, -0.25) is 9.59 Å². The molecule has 0 radical (unpaired) electrons. The van der Waals surface area contributed by atoms with Crippen LogP contribution in [-0.4, -0.2) is 41.7 Å². The molecule has 0 spiro atoms. The van der Waals surface area contributed by atoms with Crippen LogP contribution in [0.4, 0.5) is 21.9 Å². The topological polar surface area (TPSA) is 99.2 Å². The van der Waals surface area contributed by atoms with Crippen molar-refractivity contribution >= 4 is 58.0 Å². The van der Waals surface area contributed by atoms with Gasteiger partial charge in [0.2, 0.25) is 5.78 Å². The van der Waals surface area contributed by atoms with Crippen molar-refractivity contribution in [1.29, 1.82) is 0 Å². The summed E-state index contributed by atoms with van der Waals surface area (Å²) in [5.41, 5.74) is -2.86. The Kier molecular flexibility index (Phi) is 9.71. The van der Waals surface area contributed by atoms with E-state index in [1.54, 1.807) is 63.2 Å². The number of rotatable bonds is 10. The molecule has 212 valence electrons. The molecule has 10 heteroatoms. The Balaban J connectivity index is 2.30. The standard InChI is InChI=1S/C30H33Cl2N3O5/c1-6-34(7-2)21-14-16-22(17-15-21)35(28(38)39)30(26(36)29(3,4)5,40-23-11-9-8-10-12-23)27(37)33-25-18-13-20(31)19-24(25)32/h8-19H,6-7H2,1-5H3,(H,33,37)(H,38,39). The van der Waals surface area contributed by atoms with Crippen LogP contribution in [0.2, 0.25) is 10.0 Å². The zero-order valence-corrected chi connectivity index (χ0v) is 24.6. The van der Waals surface area contributed by atoms with Crippen LogP contribution < -0.4 is 19.9 Å². The molecule has 3 aromatic carbocycles. The smallest absolute Gasteiger partial charge is 0.415 e. The van der Waals surface area contributed by atoms with Crippen molar-refractivity contribution in [3.8, 4) is 5.75 Å². The highest BCUT2D eigenvalue weighted by Crippen LogP contribution is 2.37. The largest absolute Gasteiger partial charge is 0.465 e. The van der Waals surface area contributed by atoms with Crippen LogP contribution in [0.1, 0.15) is 34.6 Å². The first kappa shape index (κ1) is 30.8. The molecular weight excluding hydrogens is 553 g/mol. The highest BCUT2D eigenvalue weighted by atomic mass is 35.5. The summed E-state index contributed by atoms with van der Waals surface area (Å²) in [6.45, 7) is 10.3. The quantitative estimate of drug-likeness (QED) is 0.190. The van der Waals surface area contributed by atoms with E-state index in [9.17, 15) is 19.5 Å². The molecule has 0 aliphatic rings. The lowest BCUT2D eigenvalue weighted by atomic mass is 9.82. The molecule has 3 aromatic rings. The van der Waals surface area contributed by atoms with Gasteiger partial charge >= 0.3 is 11.8 Å². The first-order valence-electron chi connectivity index (χ1n) is 12.8. The van der Waals surface area contributed by atoms with Gasteiger partial charge in [0.1, 0.15) is 5.75 Å². The van der Waals surface area contributed by atoms with Crippen LogP contribution in [0.25, 0.3) is 0 Å². The van der Waals surface area contributed by atoms with Gasteiger partial charge in [-0.1, -0.05) is 62.2 Å². The summed E-state index contributed by atoms with van der Waals surface area (Å²) in [4.78, 5) is 44.4. The third-order valence-electron chi connectivity index (χ3n) is 6.23. The monoisotopic (exact) mass is 585 g/mol. The second-order valence-electron chi connectivity index (χ2n) is 10.0. The Hall–Kier alpha value is -3.75. The molecule has 0 aliphatic heterocycles. The highest BCUT2D eigenvalue weighted by molar-refractivity contribution is 6.37. The van der Waals surface area contributed by atoms with E-state index in [0.29, 0.717) is 9.92 Å². The van der Waals surface area contributed by atoms with E-state index in [2.05, 4.69) is 10.2 Å². The summed E-state index contributed by atoms with van der Waals surface area (Å²) in [5, 5.41) is 13.6. The molecule has 1 unspecified atom stereocenters. The number of nitrogens with zero attached hydrogens (tertiary/aromatic N) is 2. The van der Waals surface area contributed by atoms with Crippen molar-refractivity contribution < 1.29 is 24.2 Å². The summed E-state index contributed by atoms with van der Waals surface area (Å²) >= 11 is 12.4. The van der Waals surface area contributed by atoms with Crippen LogP contribution in [-0.2, 0) is 9.59 Å². The Morgan fingerprint density at radius 2 is 1.45 bits per heavy atom. The van der Waals surface area contributed by atoms with E-state index >= 15 is 0 Å². The molecule has 3 rings (SSSR count). The minimum atomic E-state index is -2.69. The summed E-state index contributed by atoms with van der Waals surface area (Å²) < 4.78 is 6.19. The maximum Gasteiger partial charge on any atom is 0.415 e. The number of anilines is 3. The Bertz CT molecular complexity index is 1360. The SMILES string of the molecule is CCN(CC)c1ccc(N(C(=O)O)C(Oc2ccccc2)(C(=O)Nc2ccc(Cl)cc2Cl)C(=O)C(C)(C)C)cc1. The van der Waals surface area contributed by atoms with E-state index in [0.717, 1.165) is 18.8 Å². The summed E-state index contributed by atoms with van der Waals surface area (Å²) in [7, 11) is 0. The molecular formula is C30H33Cl2N3O5. The predicted octanol–water partition coefficient (Wildman–Crippen LogP) is 7.35. The zero-order chi connectivity index (χ0) is 29.7. The van der Waals surface area contributed by atoms with Crippen molar-refractivity contribution in [2.75, 3.05) is 28.2 Å². The van der Waals surface area contributed by atoms with Gasteiger partial charge in [0, 0.05) is 29.2 Å². The lowest BCUT2D eigenvalue weighted by Crippen LogP contribution is -2.70. The number of hydrogen-bond acceptors (Lipinski definition) is 5. The first-order chi connectivity index (χ1) is 18.8. The van der Waals surface area contributed by atoms with Crippen molar-refractivity contribution in [2.24, 2.45) is 5.41 Å². The van der Waals surface area contributed by atoms with Gasteiger partial charge in [0.15, 0.2) is 0 Å². The Labute approximate surface area is 244 Å². The predicted molar refractivity (Wildman–Crippen MR) is 160 cm³/mol. The fraction of sp³-hybridized carbons (Fsp3) is 0.300. The van der Waals surface area contributed by atoms with Crippen LogP contribution in [0, 0.1) is 5.41 Å². The number of amides is 2. The number of carbonyl (C=O) groups is 3. The number of carboxylic acid groups (broad SMARTS) is 1. The minimum absolute atomic E-state index is 0.0642. The van der Waals surface area contributed by atoms with Crippen LogP contribution >= 0.6 is 23.2 Å². The zero-order valence-electron chi connectivity index (χ0n) is 23.1. The van der Waals surface area contributed by atoms with Crippen LogP contribution in [0.3, 0.4) is 0 Å². The molecule has 0 aromatic heterocycles. The molecule has 0 fully saturated rings. The summed E-state index contributed by atoms with van der Waals surface area (Å²) in [5.74, 6) is -1.72. The number of ether oxygens (including phenoxy) is 1. The lowest BCUT2D eigenvalue weighted by Gasteiger charge is -2.42. The maximum atomic E-state index is 14.3.